The Morgan fingerprint density at radius 3 is 2.94 bits per heavy atom. The predicted molar refractivity (Wildman–Crippen MR) is 75.2 cm³/mol. The summed E-state index contributed by atoms with van der Waals surface area (Å²) in [6.07, 6.45) is 2.34. The lowest BCUT2D eigenvalue weighted by Gasteiger charge is -2.31. The van der Waals surface area contributed by atoms with Crippen LogP contribution < -0.4 is 5.32 Å². The number of carbonyl (C=O) groups is 1. The molecule has 0 radical (unpaired) electrons. The lowest BCUT2D eigenvalue weighted by Crippen LogP contribution is -2.39. The summed E-state index contributed by atoms with van der Waals surface area (Å²) in [5.74, 6) is -0.903. The molecule has 1 fully saturated rings. The van der Waals surface area contributed by atoms with Crippen LogP contribution in [0.1, 0.15) is 23.2 Å². The van der Waals surface area contributed by atoms with E-state index in [9.17, 15) is 4.79 Å². The van der Waals surface area contributed by atoms with Gasteiger partial charge in [0.25, 0.3) is 0 Å². The van der Waals surface area contributed by atoms with Crippen LogP contribution in [0.15, 0.2) is 22.7 Å². The zero-order valence-corrected chi connectivity index (χ0v) is 11.9. The van der Waals surface area contributed by atoms with Crippen molar-refractivity contribution >= 4 is 27.6 Å². The average Bonchev–Trinajstić information content (AvgIpc) is 2.31. The van der Waals surface area contributed by atoms with Gasteiger partial charge in [-0.05, 0) is 60.6 Å². The van der Waals surface area contributed by atoms with Gasteiger partial charge in [0, 0.05) is 22.7 Å². The Labute approximate surface area is 115 Å². The minimum absolute atomic E-state index is 0.299. The lowest BCUT2D eigenvalue weighted by atomic mass is 10.1. The van der Waals surface area contributed by atoms with E-state index in [1.807, 2.05) is 6.07 Å². The van der Waals surface area contributed by atoms with Crippen molar-refractivity contribution in [3.63, 3.8) is 0 Å². The van der Waals surface area contributed by atoms with E-state index in [4.69, 9.17) is 5.11 Å². The standard InChI is InChI=1S/C13H17BrN2O2/c1-16-6-2-3-10(8-16)15-12-5-4-9(13(17)18)7-11(12)14/h4-5,7,10,15H,2-3,6,8H2,1H3,(H,17,18). The van der Waals surface area contributed by atoms with Crippen molar-refractivity contribution in [2.45, 2.75) is 18.9 Å². The van der Waals surface area contributed by atoms with Gasteiger partial charge in [0.2, 0.25) is 0 Å². The second-order valence-electron chi connectivity index (χ2n) is 4.75. The van der Waals surface area contributed by atoms with E-state index in [0.29, 0.717) is 11.6 Å². The molecular formula is C13H17BrN2O2. The summed E-state index contributed by atoms with van der Waals surface area (Å²) < 4.78 is 0.802. The normalized spacial score (nSPS) is 20.7. The summed E-state index contributed by atoms with van der Waals surface area (Å²) >= 11 is 3.42. The fourth-order valence-corrected chi connectivity index (χ4v) is 2.76. The van der Waals surface area contributed by atoms with Crippen molar-refractivity contribution in [3.05, 3.63) is 28.2 Å². The van der Waals surface area contributed by atoms with Gasteiger partial charge in [0.1, 0.15) is 0 Å². The summed E-state index contributed by atoms with van der Waals surface area (Å²) in [6, 6.07) is 5.51. The quantitative estimate of drug-likeness (QED) is 0.901. The minimum atomic E-state index is -0.903. The van der Waals surface area contributed by atoms with Crippen molar-refractivity contribution in [2.24, 2.45) is 0 Å². The molecule has 2 N–H and O–H groups in total. The smallest absolute Gasteiger partial charge is 0.335 e. The first-order valence-corrected chi connectivity index (χ1v) is 6.83. The van der Waals surface area contributed by atoms with E-state index in [2.05, 4.69) is 33.2 Å². The van der Waals surface area contributed by atoms with Crippen LogP contribution in [-0.2, 0) is 0 Å². The number of halogens is 1. The van der Waals surface area contributed by atoms with Crippen molar-refractivity contribution in [1.29, 1.82) is 0 Å². The monoisotopic (exact) mass is 312 g/mol. The highest BCUT2D eigenvalue weighted by molar-refractivity contribution is 9.10. The van der Waals surface area contributed by atoms with E-state index >= 15 is 0 Å². The Balaban J connectivity index is 2.07. The molecule has 98 valence electrons. The molecule has 0 saturated carbocycles. The van der Waals surface area contributed by atoms with Gasteiger partial charge < -0.3 is 15.3 Å². The van der Waals surface area contributed by atoms with Crippen molar-refractivity contribution in [2.75, 3.05) is 25.5 Å². The van der Waals surface area contributed by atoms with Crippen LogP contribution in [-0.4, -0.2) is 42.2 Å². The molecule has 1 aliphatic heterocycles. The van der Waals surface area contributed by atoms with Crippen LogP contribution >= 0.6 is 15.9 Å². The molecule has 1 aliphatic rings. The molecule has 1 heterocycles. The Bertz CT molecular complexity index is 451. The topological polar surface area (TPSA) is 52.6 Å². The number of hydrogen-bond acceptors (Lipinski definition) is 3. The average molecular weight is 313 g/mol. The highest BCUT2D eigenvalue weighted by atomic mass is 79.9. The number of anilines is 1. The van der Waals surface area contributed by atoms with Crippen LogP contribution in [0.5, 0.6) is 0 Å². The number of piperidine rings is 1. The highest BCUT2D eigenvalue weighted by Crippen LogP contribution is 2.25. The van der Waals surface area contributed by atoms with Crippen LogP contribution in [0.2, 0.25) is 0 Å². The van der Waals surface area contributed by atoms with E-state index in [1.54, 1.807) is 12.1 Å². The first-order valence-electron chi connectivity index (χ1n) is 6.04. The van der Waals surface area contributed by atoms with Gasteiger partial charge in [-0.1, -0.05) is 0 Å². The van der Waals surface area contributed by atoms with Crippen molar-refractivity contribution < 1.29 is 9.90 Å². The third-order valence-corrected chi connectivity index (χ3v) is 3.86. The van der Waals surface area contributed by atoms with Crippen LogP contribution in [0.4, 0.5) is 5.69 Å². The number of aromatic carboxylic acids is 1. The first kappa shape index (κ1) is 13.4. The van der Waals surface area contributed by atoms with Crippen LogP contribution in [0.3, 0.4) is 0 Å². The van der Waals surface area contributed by atoms with Gasteiger partial charge in [0.15, 0.2) is 0 Å². The van der Waals surface area contributed by atoms with E-state index in [0.717, 1.165) is 29.7 Å². The van der Waals surface area contributed by atoms with E-state index in [-0.39, 0.29) is 0 Å². The predicted octanol–water partition coefficient (Wildman–Crippen LogP) is 2.65. The Kier molecular flexibility index (Phi) is 4.24. The molecule has 0 spiro atoms. The Morgan fingerprint density at radius 1 is 1.56 bits per heavy atom. The molecule has 5 heteroatoms. The highest BCUT2D eigenvalue weighted by Gasteiger charge is 2.17. The van der Waals surface area contributed by atoms with Gasteiger partial charge in [-0.25, -0.2) is 4.79 Å². The number of nitrogens with one attached hydrogen (secondary N) is 1. The third kappa shape index (κ3) is 3.23. The second-order valence-corrected chi connectivity index (χ2v) is 5.60. The molecule has 1 unspecified atom stereocenters. The van der Waals surface area contributed by atoms with Gasteiger partial charge in [-0.15, -0.1) is 0 Å². The molecule has 4 nitrogen and oxygen atoms in total. The third-order valence-electron chi connectivity index (χ3n) is 3.20. The molecular weight excluding hydrogens is 296 g/mol. The van der Waals surface area contributed by atoms with Gasteiger partial charge in [-0.3, -0.25) is 0 Å². The summed E-state index contributed by atoms with van der Waals surface area (Å²) in [4.78, 5) is 13.2. The molecule has 0 aromatic heterocycles. The largest absolute Gasteiger partial charge is 0.478 e. The number of likely N-dealkylation sites (tertiary alicyclic amines) is 1. The molecule has 1 aromatic rings. The van der Waals surface area contributed by atoms with Gasteiger partial charge in [-0.2, -0.15) is 0 Å². The number of carboxylic acid groups (broad SMARTS) is 1. The lowest BCUT2D eigenvalue weighted by molar-refractivity contribution is 0.0697. The summed E-state index contributed by atoms with van der Waals surface area (Å²) in [5, 5.41) is 12.4. The van der Waals surface area contributed by atoms with E-state index < -0.39 is 5.97 Å². The zero-order valence-electron chi connectivity index (χ0n) is 10.3. The number of likely N-dealkylation sites (N-methyl/N-ethyl adjacent to an activating group) is 1. The molecule has 1 saturated heterocycles. The maximum Gasteiger partial charge on any atom is 0.335 e. The molecule has 1 aromatic carbocycles. The maximum absolute atomic E-state index is 10.8. The molecule has 0 amide bonds. The summed E-state index contributed by atoms with van der Waals surface area (Å²) in [5.41, 5.74) is 1.26. The first-order chi connectivity index (χ1) is 8.56. The molecule has 2 rings (SSSR count). The van der Waals surface area contributed by atoms with Gasteiger partial charge in [0.05, 0.1) is 5.56 Å². The fraction of sp³-hybridized carbons (Fsp3) is 0.462. The van der Waals surface area contributed by atoms with Gasteiger partial charge >= 0.3 is 5.97 Å². The summed E-state index contributed by atoms with van der Waals surface area (Å²) in [6.45, 7) is 2.17. The Hall–Kier alpha value is -1.07. The Morgan fingerprint density at radius 2 is 2.33 bits per heavy atom. The molecule has 0 aliphatic carbocycles. The van der Waals surface area contributed by atoms with E-state index in [1.165, 1.54) is 6.42 Å². The SMILES string of the molecule is CN1CCCC(Nc2ccc(C(=O)O)cc2Br)C1. The second kappa shape index (κ2) is 5.71. The number of nitrogens with zero attached hydrogens (tertiary/aromatic N) is 1. The number of carboxylic acids is 1. The fourth-order valence-electron chi connectivity index (χ4n) is 2.27. The molecule has 0 bridgehead atoms. The minimum Gasteiger partial charge on any atom is -0.478 e. The number of rotatable bonds is 3. The van der Waals surface area contributed by atoms with Crippen molar-refractivity contribution in [3.8, 4) is 0 Å². The number of benzene rings is 1. The number of hydrogen-bond donors (Lipinski definition) is 2. The van der Waals surface area contributed by atoms with Crippen LogP contribution in [0.25, 0.3) is 0 Å². The van der Waals surface area contributed by atoms with Crippen molar-refractivity contribution in [1.82, 2.24) is 4.90 Å². The zero-order chi connectivity index (χ0) is 13.1. The summed E-state index contributed by atoms with van der Waals surface area (Å²) in [7, 11) is 2.12. The molecule has 1 atom stereocenters. The molecule has 18 heavy (non-hydrogen) atoms. The van der Waals surface area contributed by atoms with Crippen LogP contribution in [0, 0.1) is 0 Å². The maximum atomic E-state index is 10.8.